The van der Waals surface area contributed by atoms with Crippen molar-refractivity contribution < 1.29 is 0 Å². The summed E-state index contributed by atoms with van der Waals surface area (Å²) in [5, 5.41) is 25.3. The van der Waals surface area contributed by atoms with Crippen LogP contribution < -0.4 is 4.90 Å². The molecule has 3 heteroatoms. The van der Waals surface area contributed by atoms with Crippen molar-refractivity contribution in [3.8, 4) is 35.8 Å². The normalized spacial score (nSPS) is 10.5. The fourth-order valence-corrected chi connectivity index (χ4v) is 6.66. The zero-order valence-corrected chi connectivity index (χ0v) is 27.2. The molecule has 230 valence electrons. The highest BCUT2D eigenvalue weighted by Crippen LogP contribution is 2.46. The Bertz CT molecular complexity index is 2720. The van der Waals surface area contributed by atoms with Gasteiger partial charge >= 0.3 is 0 Å². The molecule has 0 fully saturated rings. The highest BCUT2D eigenvalue weighted by molar-refractivity contribution is 6.28. The van der Waals surface area contributed by atoms with E-state index in [-0.39, 0.29) is 0 Å². The fourth-order valence-electron chi connectivity index (χ4n) is 6.66. The van der Waals surface area contributed by atoms with Gasteiger partial charge in [0.1, 0.15) is 0 Å². The zero-order chi connectivity index (χ0) is 34.0. The molecule has 8 rings (SSSR count). The van der Waals surface area contributed by atoms with Crippen LogP contribution in [0, 0.1) is 53.3 Å². The zero-order valence-electron chi connectivity index (χ0n) is 27.2. The molecule has 0 unspecified atom stereocenters. The molecule has 50 heavy (non-hydrogen) atoms. The summed E-state index contributed by atoms with van der Waals surface area (Å²) in [4.78, 5) is 2.30. The van der Waals surface area contributed by atoms with E-state index >= 15 is 0 Å². The summed E-state index contributed by atoms with van der Waals surface area (Å²) in [7, 11) is 0. The number of hydrogen-bond acceptors (Lipinski definition) is 3. The van der Waals surface area contributed by atoms with Crippen LogP contribution in [0.5, 0.6) is 0 Å². The third-order valence-corrected chi connectivity index (χ3v) is 9.06. The second-order valence-electron chi connectivity index (χ2n) is 12.1. The molecule has 0 saturated carbocycles. The van der Waals surface area contributed by atoms with Gasteiger partial charge in [-0.1, -0.05) is 84.3 Å². The van der Waals surface area contributed by atoms with Crippen LogP contribution in [0.2, 0.25) is 0 Å². The Morgan fingerprint density at radius 1 is 0.420 bits per heavy atom. The molecule has 0 spiro atoms. The Hall–Kier alpha value is -7.30. The van der Waals surface area contributed by atoms with E-state index in [1.807, 2.05) is 36.4 Å². The van der Waals surface area contributed by atoms with E-state index in [0.717, 1.165) is 71.8 Å². The average Bonchev–Trinajstić information content (AvgIpc) is 3.18. The van der Waals surface area contributed by atoms with Crippen molar-refractivity contribution in [2.24, 2.45) is 0 Å². The monoisotopic (exact) mass is 633 g/mol. The lowest BCUT2D eigenvalue weighted by Gasteiger charge is -2.28. The molecule has 3 nitrogen and oxygen atoms in total. The second kappa shape index (κ2) is 12.7. The van der Waals surface area contributed by atoms with Crippen molar-refractivity contribution in [1.29, 1.82) is 10.5 Å². The van der Waals surface area contributed by atoms with E-state index in [4.69, 9.17) is 0 Å². The molecule has 0 aliphatic carbocycles. The van der Waals surface area contributed by atoms with Crippen LogP contribution in [0.25, 0.3) is 32.3 Å². The third-order valence-electron chi connectivity index (χ3n) is 9.06. The van der Waals surface area contributed by atoms with Crippen LogP contribution in [-0.2, 0) is 0 Å². The van der Waals surface area contributed by atoms with Gasteiger partial charge in [-0.3, -0.25) is 0 Å². The van der Waals surface area contributed by atoms with Gasteiger partial charge in [0.25, 0.3) is 0 Å². The predicted octanol–water partition coefficient (Wildman–Crippen LogP) is 10.9. The molecule has 0 saturated heterocycles. The number of nitrogens with zero attached hydrogens (tertiary/aromatic N) is 3. The summed E-state index contributed by atoms with van der Waals surface area (Å²) in [6.45, 7) is 2.14. The summed E-state index contributed by atoms with van der Waals surface area (Å²) < 4.78 is 0. The number of nitriles is 2. The van der Waals surface area contributed by atoms with E-state index < -0.39 is 0 Å². The Labute approximate surface area is 291 Å². The van der Waals surface area contributed by atoms with Gasteiger partial charge in [-0.2, -0.15) is 10.5 Å². The molecule has 8 aromatic rings. The average molecular weight is 634 g/mol. The molecule has 0 N–H and O–H groups in total. The van der Waals surface area contributed by atoms with Gasteiger partial charge in [0.05, 0.1) is 29.0 Å². The van der Waals surface area contributed by atoms with Crippen molar-refractivity contribution in [3.63, 3.8) is 0 Å². The van der Waals surface area contributed by atoms with Crippen molar-refractivity contribution in [1.82, 2.24) is 0 Å². The smallest absolute Gasteiger partial charge is 0.0991 e. The van der Waals surface area contributed by atoms with Crippen LogP contribution >= 0.6 is 0 Å². The molecular weight excluding hydrogens is 607 g/mol. The Morgan fingerprint density at radius 2 is 0.840 bits per heavy atom. The molecule has 0 heterocycles. The fraction of sp³-hybridized carbons (Fsp3) is 0.0213. The highest BCUT2D eigenvalue weighted by atomic mass is 15.1. The van der Waals surface area contributed by atoms with Crippen LogP contribution in [0.3, 0.4) is 0 Å². The minimum absolute atomic E-state index is 0.607. The standard InChI is InChI=1S/C47H27N3/c1-32-28-37(22-20-33-12-16-35(30-48)17-13-33)42-26-27-44-45(50(39-8-4-2-5-9-39)40-10-6-3-7-11-40)29-38(43-25-24-41(32)46(42)47(43)44)23-21-34-14-18-36(31-49)19-15-34/h2-19,24-29H,1H3. The topological polar surface area (TPSA) is 50.8 Å². The SMILES string of the molecule is Cc1cc(C#Cc2ccc(C#N)cc2)c2ccc3c(N(c4ccccc4)c4ccccc4)cc(C#Cc4ccc(C#N)cc4)c4ccc1c2c43. The Morgan fingerprint density at radius 3 is 1.34 bits per heavy atom. The number of para-hydroxylation sites is 2. The van der Waals surface area contributed by atoms with Gasteiger partial charge in [-0.15, -0.1) is 0 Å². The summed E-state index contributed by atoms with van der Waals surface area (Å²) in [5.41, 5.74) is 9.05. The molecule has 0 atom stereocenters. The maximum absolute atomic E-state index is 9.30. The van der Waals surface area contributed by atoms with E-state index in [1.165, 1.54) is 5.39 Å². The van der Waals surface area contributed by atoms with Crippen LogP contribution in [0.15, 0.2) is 146 Å². The lowest BCUT2D eigenvalue weighted by atomic mass is 9.87. The van der Waals surface area contributed by atoms with E-state index in [9.17, 15) is 10.5 Å². The Kier molecular flexibility index (Phi) is 7.65. The number of anilines is 3. The number of hydrogen-bond donors (Lipinski definition) is 0. The quantitative estimate of drug-likeness (QED) is 0.144. The maximum Gasteiger partial charge on any atom is 0.0991 e. The second-order valence-corrected chi connectivity index (χ2v) is 12.1. The van der Waals surface area contributed by atoms with Gasteiger partial charge in [-0.25, -0.2) is 0 Å². The number of benzene rings is 8. The van der Waals surface area contributed by atoms with Gasteiger partial charge < -0.3 is 4.90 Å². The van der Waals surface area contributed by atoms with Crippen molar-refractivity contribution >= 4 is 49.4 Å². The molecule has 0 aliphatic rings. The first kappa shape index (κ1) is 30.1. The first-order chi connectivity index (χ1) is 24.6. The van der Waals surface area contributed by atoms with Gasteiger partial charge in [0, 0.05) is 44.4 Å². The van der Waals surface area contributed by atoms with E-state index in [0.29, 0.717) is 11.1 Å². The predicted molar refractivity (Wildman–Crippen MR) is 204 cm³/mol. The summed E-state index contributed by atoms with van der Waals surface area (Å²) in [6, 6.07) is 53.2. The van der Waals surface area contributed by atoms with E-state index in [2.05, 4.69) is 133 Å². The number of aryl methyl sites for hydroxylation is 1. The molecular formula is C47H27N3. The number of rotatable bonds is 3. The molecule has 0 aromatic heterocycles. The maximum atomic E-state index is 9.30. The molecule has 0 aliphatic heterocycles. The highest BCUT2D eigenvalue weighted by Gasteiger charge is 2.21. The van der Waals surface area contributed by atoms with Gasteiger partial charge in [0.15, 0.2) is 0 Å². The first-order valence-corrected chi connectivity index (χ1v) is 16.3. The summed E-state index contributed by atoms with van der Waals surface area (Å²) in [6.07, 6.45) is 0. The van der Waals surface area contributed by atoms with Crippen LogP contribution in [-0.4, -0.2) is 0 Å². The van der Waals surface area contributed by atoms with Crippen LogP contribution in [0.1, 0.15) is 38.9 Å². The molecule has 0 amide bonds. The summed E-state index contributed by atoms with van der Waals surface area (Å²) in [5.74, 6) is 13.7. The van der Waals surface area contributed by atoms with Crippen molar-refractivity contribution in [2.45, 2.75) is 6.92 Å². The molecule has 0 bridgehead atoms. The van der Waals surface area contributed by atoms with Crippen molar-refractivity contribution in [3.05, 3.63) is 185 Å². The lowest BCUT2D eigenvalue weighted by Crippen LogP contribution is -2.11. The summed E-state index contributed by atoms with van der Waals surface area (Å²) >= 11 is 0. The van der Waals surface area contributed by atoms with Crippen molar-refractivity contribution in [2.75, 3.05) is 4.90 Å². The minimum Gasteiger partial charge on any atom is -0.310 e. The van der Waals surface area contributed by atoms with Gasteiger partial charge in [-0.05, 0) is 119 Å². The van der Waals surface area contributed by atoms with E-state index in [1.54, 1.807) is 24.3 Å². The molecule has 8 aromatic carbocycles. The van der Waals surface area contributed by atoms with Gasteiger partial charge in [0.2, 0.25) is 0 Å². The Balaban J connectivity index is 1.43. The third kappa shape index (κ3) is 5.43. The largest absolute Gasteiger partial charge is 0.310 e. The van der Waals surface area contributed by atoms with Crippen LogP contribution in [0.4, 0.5) is 17.1 Å². The first-order valence-electron chi connectivity index (χ1n) is 16.3. The minimum atomic E-state index is 0.607. The lowest BCUT2D eigenvalue weighted by molar-refractivity contribution is 1.30. The molecule has 0 radical (unpaired) electrons.